The molecule has 0 spiro atoms. The minimum Gasteiger partial charge on any atom is -0.393 e. The van der Waals surface area contributed by atoms with E-state index in [1.165, 1.54) is 6.92 Å². The summed E-state index contributed by atoms with van der Waals surface area (Å²) in [5.74, 6) is 1.67. The van der Waals surface area contributed by atoms with Gasteiger partial charge in [0.2, 0.25) is 0 Å². The van der Waals surface area contributed by atoms with Crippen LogP contribution in [0.5, 0.6) is 0 Å². The van der Waals surface area contributed by atoms with E-state index in [-0.39, 0.29) is 40.8 Å². The van der Waals surface area contributed by atoms with Crippen molar-refractivity contribution in [1.29, 1.82) is 0 Å². The second-order valence-electron chi connectivity index (χ2n) is 13.1. The van der Waals surface area contributed by atoms with Crippen molar-refractivity contribution < 1.29 is 30.6 Å². The zero-order chi connectivity index (χ0) is 24.3. The molecular weight excluding hydrogens is 420 g/mol. The van der Waals surface area contributed by atoms with E-state index in [4.69, 9.17) is 0 Å². The van der Waals surface area contributed by atoms with E-state index in [1.807, 2.05) is 0 Å². The van der Waals surface area contributed by atoms with Gasteiger partial charge in [0.15, 0.2) is 0 Å². The van der Waals surface area contributed by atoms with Gasteiger partial charge >= 0.3 is 0 Å². The number of hydrogen-bond acceptors (Lipinski definition) is 6. The van der Waals surface area contributed by atoms with Gasteiger partial charge in [0.05, 0.1) is 31.0 Å². The van der Waals surface area contributed by atoms with Crippen molar-refractivity contribution in [3.05, 3.63) is 0 Å². The second kappa shape index (κ2) is 9.01. The molecule has 0 heterocycles. The molecule has 4 fully saturated rings. The SMILES string of the molecule is C[C@H](CCC(O)C(C)(O)CO)[C@H]1CC[C@H]2[C@@H]3[C@H](O)C[C@@H]4C[C@H](O)CC[C@]4(C)[C@H]3C[C@H](O)[C@]12C. The van der Waals surface area contributed by atoms with E-state index < -0.39 is 24.4 Å². The van der Waals surface area contributed by atoms with Gasteiger partial charge in [0, 0.05) is 0 Å². The first kappa shape index (κ1) is 25.8. The summed E-state index contributed by atoms with van der Waals surface area (Å²) in [6, 6.07) is 0. The molecule has 192 valence electrons. The summed E-state index contributed by atoms with van der Waals surface area (Å²) in [7, 11) is 0. The van der Waals surface area contributed by atoms with Crippen molar-refractivity contribution in [2.45, 2.75) is 115 Å². The molecular formula is C27H48O6. The normalized spacial score (nSPS) is 51.1. The molecule has 4 saturated carbocycles. The highest BCUT2D eigenvalue weighted by molar-refractivity contribution is 5.14. The lowest BCUT2D eigenvalue weighted by Gasteiger charge is -2.63. The van der Waals surface area contributed by atoms with Crippen LogP contribution in [0, 0.1) is 46.3 Å². The van der Waals surface area contributed by atoms with Gasteiger partial charge in [-0.15, -0.1) is 0 Å². The fraction of sp³-hybridized carbons (Fsp3) is 1.00. The Morgan fingerprint density at radius 3 is 2.33 bits per heavy atom. The molecule has 0 aromatic heterocycles. The van der Waals surface area contributed by atoms with Gasteiger partial charge < -0.3 is 30.6 Å². The van der Waals surface area contributed by atoms with E-state index in [9.17, 15) is 30.6 Å². The van der Waals surface area contributed by atoms with Crippen LogP contribution in [0.25, 0.3) is 0 Å². The summed E-state index contributed by atoms with van der Waals surface area (Å²) < 4.78 is 0. The minimum absolute atomic E-state index is 0.0785. The van der Waals surface area contributed by atoms with Gasteiger partial charge in [-0.1, -0.05) is 20.8 Å². The molecule has 0 aromatic carbocycles. The third-order valence-electron chi connectivity index (χ3n) is 11.5. The van der Waals surface area contributed by atoms with Crippen molar-refractivity contribution in [3.63, 3.8) is 0 Å². The van der Waals surface area contributed by atoms with Crippen molar-refractivity contribution in [2.75, 3.05) is 6.61 Å². The average molecular weight is 469 g/mol. The molecule has 6 N–H and O–H groups in total. The fourth-order valence-electron chi connectivity index (χ4n) is 9.17. The first-order valence-corrected chi connectivity index (χ1v) is 13.4. The van der Waals surface area contributed by atoms with Gasteiger partial charge in [-0.3, -0.25) is 0 Å². The minimum atomic E-state index is -1.49. The molecule has 0 bridgehead atoms. The molecule has 4 rings (SSSR count). The number of rotatable bonds is 6. The highest BCUT2D eigenvalue weighted by Gasteiger charge is 2.65. The van der Waals surface area contributed by atoms with Crippen LogP contribution in [0.4, 0.5) is 0 Å². The lowest BCUT2D eigenvalue weighted by atomic mass is 9.43. The van der Waals surface area contributed by atoms with Crippen molar-refractivity contribution in [1.82, 2.24) is 0 Å². The maximum absolute atomic E-state index is 11.6. The highest BCUT2D eigenvalue weighted by Crippen LogP contribution is 2.68. The zero-order valence-corrected chi connectivity index (χ0v) is 21.0. The molecule has 0 aliphatic heterocycles. The molecule has 0 saturated heterocycles. The molecule has 0 radical (unpaired) electrons. The Hall–Kier alpha value is -0.240. The van der Waals surface area contributed by atoms with Crippen LogP contribution in [0.1, 0.15) is 85.5 Å². The Bertz CT molecular complexity index is 698. The number of aliphatic hydroxyl groups excluding tert-OH is 5. The molecule has 13 atom stereocenters. The summed E-state index contributed by atoms with van der Waals surface area (Å²) >= 11 is 0. The van der Waals surface area contributed by atoms with Crippen LogP contribution in [0.3, 0.4) is 0 Å². The molecule has 6 heteroatoms. The Morgan fingerprint density at radius 1 is 0.970 bits per heavy atom. The molecule has 4 aliphatic rings. The Balaban J connectivity index is 1.52. The highest BCUT2D eigenvalue weighted by atomic mass is 16.4. The second-order valence-corrected chi connectivity index (χ2v) is 13.1. The lowest BCUT2D eigenvalue weighted by molar-refractivity contribution is -0.207. The van der Waals surface area contributed by atoms with Crippen molar-refractivity contribution in [3.8, 4) is 0 Å². The average Bonchev–Trinajstić information content (AvgIpc) is 3.12. The molecule has 2 unspecified atom stereocenters. The topological polar surface area (TPSA) is 121 Å². The molecule has 33 heavy (non-hydrogen) atoms. The fourth-order valence-corrected chi connectivity index (χ4v) is 9.17. The van der Waals surface area contributed by atoms with E-state index in [2.05, 4.69) is 20.8 Å². The van der Waals surface area contributed by atoms with Crippen LogP contribution in [-0.2, 0) is 0 Å². The third-order valence-corrected chi connectivity index (χ3v) is 11.5. The quantitative estimate of drug-likeness (QED) is 0.356. The van der Waals surface area contributed by atoms with E-state index in [0.717, 1.165) is 51.4 Å². The predicted octanol–water partition coefficient (Wildman–Crippen LogP) is 2.47. The van der Waals surface area contributed by atoms with Crippen LogP contribution < -0.4 is 0 Å². The maximum Gasteiger partial charge on any atom is 0.111 e. The van der Waals surface area contributed by atoms with Gasteiger partial charge in [-0.05, 0) is 111 Å². The van der Waals surface area contributed by atoms with Crippen LogP contribution in [-0.4, -0.2) is 67.3 Å². The Morgan fingerprint density at radius 2 is 1.67 bits per heavy atom. The number of hydrogen-bond donors (Lipinski definition) is 6. The smallest absolute Gasteiger partial charge is 0.111 e. The molecule has 0 amide bonds. The summed E-state index contributed by atoms with van der Waals surface area (Å²) in [5, 5.41) is 63.1. The third kappa shape index (κ3) is 4.11. The maximum atomic E-state index is 11.6. The first-order valence-electron chi connectivity index (χ1n) is 13.4. The zero-order valence-electron chi connectivity index (χ0n) is 21.0. The molecule has 6 nitrogen and oxygen atoms in total. The van der Waals surface area contributed by atoms with Gasteiger partial charge in [0.1, 0.15) is 5.60 Å². The van der Waals surface area contributed by atoms with Gasteiger partial charge in [0.25, 0.3) is 0 Å². The van der Waals surface area contributed by atoms with Gasteiger partial charge in [-0.2, -0.15) is 0 Å². The lowest BCUT2D eigenvalue weighted by Crippen LogP contribution is -2.62. The predicted molar refractivity (Wildman–Crippen MR) is 126 cm³/mol. The largest absolute Gasteiger partial charge is 0.393 e. The Kier molecular flexibility index (Phi) is 7.05. The summed E-state index contributed by atoms with van der Waals surface area (Å²) in [4.78, 5) is 0. The van der Waals surface area contributed by atoms with Crippen LogP contribution in [0.15, 0.2) is 0 Å². The van der Waals surface area contributed by atoms with Crippen molar-refractivity contribution in [2.24, 2.45) is 46.3 Å². The Labute approximate surface area is 199 Å². The standard InChI is InChI=1S/C27H48O6/c1-15(5-8-22(31)26(3,33)14-28)18-6-7-19-24-20(13-23(32)27(18,19)4)25(2)10-9-17(29)11-16(25)12-21(24)30/h15-24,28-33H,5-14H2,1-4H3/t15-,16+,17-,18-,19+,20+,21-,22?,23+,24+,25+,26?,27-/m1/s1. The number of aliphatic hydroxyl groups is 6. The van der Waals surface area contributed by atoms with E-state index in [1.54, 1.807) is 0 Å². The summed E-state index contributed by atoms with van der Waals surface area (Å²) in [6.07, 6.45) is 5.21. The van der Waals surface area contributed by atoms with Crippen LogP contribution in [0.2, 0.25) is 0 Å². The monoisotopic (exact) mass is 468 g/mol. The van der Waals surface area contributed by atoms with E-state index >= 15 is 0 Å². The molecule has 4 aliphatic carbocycles. The van der Waals surface area contributed by atoms with Crippen LogP contribution >= 0.6 is 0 Å². The van der Waals surface area contributed by atoms with Gasteiger partial charge in [-0.25, -0.2) is 0 Å². The summed E-state index contributed by atoms with van der Waals surface area (Å²) in [6.45, 7) is 7.77. The number of fused-ring (bicyclic) bond motifs is 5. The van der Waals surface area contributed by atoms with Crippen molar-refractivity contribution >= 4 is 0 Å². The first-order chi connectivity index (χ1) is 15.4. The summed E-state index contributed by atoms with van der Waals surface area (Å²) in [5.41, 5.74) is -1.68. The van der Waals surface area contributed by atoms with E-state index in [0.29, 0.717) is 24.2 Å². The molecule has 0 aromatic rings.